The summed E-state index contributed by atoms with van der Waals surface area (Å²) in [5.41, 5.74) is 6.49. The topological polar surface area (TPSA) is 68.0 Å². The van der Waals surface area contributed by atoms with Gasteiger partial charge in [0, 0.05) is 23.3 Å². The summed E-state index contributed by atoms with van der Waals surface area (Å²) in [6.07, 6.45) is 2.37. The molecule has 0 atom stereocenters. The number of pyridine rings is 1. The van der Waals surface area contributed by atoms with Gasteiger partial charge in [-0.25, -0.2) is 0 Å². The van der Waals surface area contributed by atoms with Gasteiger partial charge in [0.2, 0.25) is 0 Å². The van der Waals surface area contributed by atoms with Crippen LogP contribution in [0.15, 0.2) is 35.8 Å². The first-order valence-corrected chi connectivity index (χ1v) is 6.16. The molecule has 1 amide bonds. The van der Waals surface area contributed by atoms with Gasteiger partial charge in [0.1, 0.15) is 5.69 Å². The predicted molar refractivity (Wildman–Crippen MR) is 69.0 cm³/mol. The summed E-state index contributed by atoms with van der Waals surface area (Å²) in [6.45, 7) is 0.607. The third-order valence-corrected chi connectivity index (χ3v) is 3.19. The Labute approximate surface area is 103 Å². The fourth-order valence-electron chi connectivity index (χ4n) is 1.42. The van der Waals surface area contributed by atoms with Crippen LogP contribution in [0.5, 0.6) is 0 Å². The lowest BCUT2D eigenvalue weighted by Gasteiger charge is -2.03. The van der Waals surface area contributed by atoms with Crippen molar-refractivity contribution in [3.63, 3.8) is 0 Å². The van der Waals surface area contributed by atoms with Crippen LogP contribution in [0.1, 0.15) is 15.4 Å². The second-order valence-corrected chi connectivity index (χ2v) is 4.59. The third-order valence-electron chi connectivity index (χ3n) is 2.25. The van der Waals surface area contributed by atoms with Crippen molar-refractivity contribution in [3.8, 4) is 0 Å². The zero-order valence-electron chi connectivity index (χ0n) is 9.22. The van der Waals surface area contributed by atoms with Gasteiger partial charge >= 0.3 is 0 Å². The lowest BCUT2D eigenvalue weighted by atomic mass is 10.3. The molecule has 2 aromatic heterocycles. The number of nitrogens with two attached hydrogens (primary N) is 1. The molecule has 2 heterocycles. The van der Waals surface area contributed by atoms with Gasteiger partial charge in [-0.1, -0.05) is 6.07 Å². The number of hydrogen-bond donors (Lipinski definition) is 2. The molecule has 17 heavy (non-hydrogen) atoms. The molecule has 0 aromatic carbocycles. The highest BCUT2D eigenvalue weighted by atomic mass is 32.1. The molecule has 0 spiro atoms. The molecule has 0 fully saturated rings. The number of carbonyl (C=O) groups excluding carboxylic acids is 1. The van der Waals surface area contributed by atoms with E-state index in [4.69, 9.17) is 5.73 Å². The Hall–Kier alpha value is -1.88. The first-order chi connectivity index (χ1) is 8.25. The van der Waals surface area contributed by atoms with Crippen LogP contribution in [0.25, 0.3) is 0 Å². The zero-order valence-corrected chi connectivity index (χ0v) is 10.0. The van der Waals surface area contributed by atoms with Gasteiger partial charge < -0.3 is 11.1 Å². The number of thiophene rings is 1. The summed E-state index contributed by atoms with van der Waals surface area (Å²) in [7, 11) is 0. The monoisotopic (exact) mass is 247 g/mol. The van der Waals surface area contributed by atoms with Crippen molar-refractivity contribution in [1.29, 1.82) is 0 Å². The summed E-state index contributed by atoms with van der Waals surface area (Å²) >= 11 is 1.69. The Morgan fingerprint density at radius 2 is 2.35 bits per heavy atom. The molecule has 0 saturated heterocycles. The fraction of sp³-hybridized carbons (Fsp3) is 0.167. The zero-order chi connectivity index (χ0) is 12.1. The van der Waals surface area contributed by atoms with Gasteiger partial charge in [-0.15, -0.1) is 11.3 Å². The maximum absolute atomic E-state index is 11.7. The summed E-state index contributed by atoms with van der Waals surface area (Å²) in [4.78, 5) is 16.9. The smallest absolute Gasteiger partial charge is 0.269 e. The van der Waals surface area contributed by atoms with Crippen molar-refractivity contribution in [2.24, 2.45) is 0 Å². The van der Waals surface area contributed by atoms with Crippen molar-refractivity contribution in [1.82, 2.24) is 10.3 Å². The molecule has 2 rings (SSSR count). The first kappa shape index (κ1) is 11.6. The number of hydrogen-bond acceptors (Lipinski definition) is 4. The molecule has 0 radical (unpaired) electrons. The minimum absolute atomic E-state index is 0.186. The second kappa shape index (κ2) is 5.45. The average molecular weight is 247 g/mol. The van der Waals surface area contributed by atoms with Crippen LogP contribution >= 0.6 is 11.3 Å². The third kappa shape index (κ3) is 3.29. The van der Waals surface area contributed by atoms with Gasteiger partial charge in [0.15, 0.2) is 0 Å². The lowest BCUT2D eigenvalue weighted by Crippen LogP contribution is -2.26. The highest BCUT2D eigenvalue weighted by Crippen LogP contribution is 2.08. The van der Waals surface area contributed by atoms with Crippen LogP contribution in [0.3, 0.4) is 0 Å². The van der Waals surface area contributed by atoms with Gasteiger partial charge in [-0.2, -0.15) is 0 Å². The molecular formula is C12H13N3OS. The van der Waals surface area contributed by atoms with E-state index in [9.17, 15) is 4.79 Å². The van der Waals surface area contributed by atoms with Crippen molar-refractivity contribution in [3.05, 3.63) is 46.4 Å². The Bertz CT molecular complexity index is 496. The number of amides is 1. The largest absolute Gasteiger partial charge is 0.399 e. The number of aromatic nitrogens is 1. The highest BCUT2D eigenvalue weighted by Gasteiger charge is 2.06. The minimum atomic E-state index is -0.186. The van der Waals surface area contributed by atoms with Crippen LogP contribution in [-0.2, 0) is 6.42 Å². The van der Waals surface area contributed by atoms with Crippen molar-refractivity contribution in [2.75, 3.05) is 12.3 Å². The number of rotatable bonds is 4. The standard InChI is InChI=1S/C12H13N3OS/c13-9-3-5-14-11(8-9)12(16)15-6-4-10-2-1-7-17-10/h1-3,5,7-8H,4,6H2,(H2,13,14)(H,15,16). The second-order valence-electron chi connectivity index (χ2n) is 3.56. The first-order valence-electron chi connectivity index (χ1n) is 5.28. The van der Waals surface area contributed by atoms with E-state index in [-0.39, 0.29) is 5.91 Å². The van der Waals surface area contributed by atoms with E-state index in [1.807, 2.05) is 11.4 Å². The maximum Gasteiger partial charge on any atom is 0.269 e. The Balaban J connectivity index is 1.85. The van der Waals surface area contributed by atoms with Crippen LogP contribution < -0.4 is 11.1 Å². The van der Waals surface area contributed by atoms with E-state index in [0.29, 0.717) is 17.9 Å². The van der Waals surface area contributed by atoms with E-state index in [0.717, 1.165) is 6.42 Å². The molecular weight excluding hydrogens is 234 g/mol. The maximum atomic E-state index is 11.7. The van der Waals surface area contributed by atoms with Crippen LogP contribution in [0, 0.1) is 0 Å². The Morgan fingerprint density at radius 1 is 1.47 bits per heavy atom. The van der Waals surface area contributed by atoms with Crippen molar-refractivity contribution in [2.45, 2.75) is 6.42 Å². The molecule has 88 valence electrons. The minimum Gasteiger partial charge on any atom is -0.399 e. The van der Waals surface area contributed by atoms with Crippen LogP contribution in [0.2, 0.25) is 0 Å². The lowest BCUT2D eigenvalue weighted by molar-refractivity contribution is 0.0949. The molecule has 0 aliphatic carbocycles. The predicted octanol–water partition coefficient (Wildman–Crippen LogP) is 1.70. The van der Waals surface area contributed by atoms with Crippen LogP contribution in [0.4, 0.5) is 5.69 Å². The molecule has 0 bridgehead atoms. The molecule has 2 aromatic rings. The van der Waals surface area contributed by atoms with E-state index >= 15 is 0 Å². The molecule has 0 unspecified atom stereocenters. The molecule has 4 nitrogen and oxygen atoms in total. The molecule has 5 heteroatoms. The van der Waals surface area contributed by atoms with Gasteiger partial charge in [-0.05, 0) is 30.0 Å². The quantitative estimate of drug-likeness (QED) is 0.864. The summed E-state index contributed by atoms with van der Waals surface area (Å²) in [5, 5.41) is 4.84. The SMILES string of the molecule is Nc1ccnc(C(=O)NCCc2cccs2)c1. The van der Waals surface area contributed by atoms with E-state index in [1.165, 1.54) is 11.1 Å². The highest BCUT2D eigenvalue weighted by molar-refractivity contribution is 7.09. The number of carbonyl (C=O) groups is 1. The van der Waals surface area contributed by atoms with E-state index in [2.05, 4.69) is 16.4 Å². The normalized spacial score (nSPS) is 10.1. The number of nitrogen functional groups attached to an aromatic ring is 1. The molecule has 0 aliphatic rings. The number of nitrogens with one attached hydrogen (secondary N) is 1. The molecule has 0 aliphatic heterocycles. The van der Waals surface area contributed by atoms with Crippen molar-refractivity contribution < 1.29 is 4.79 Å². The summed E-state index contributed by atoms with van der Waals surface area (Å²) in [5.74, 6) is -0.186. The molecule has 3 N–H and O–H groups in total. The Kier molecular flexibility index (Phi) is 3.72. The number of nitrogens with zero attached hydrogens (tertiary/aromatic N) is 1. The van der Waals surface area contributed by atoms with Gasteiger partial charge in [0.25, 0.3) is 5.91 Å². The fourth-order valence-corrected chi connectivity index (χ4v) is 2.12. The summed E-state index contributed by atoms with van der Waals surface area (Å²) in [6, 6.07) is 7.28. The van der Waals surface area contributed by atoms with E-state index < -0.39 is 0 Å². The van der Waals surface area contributed by atoms with Gasteiger partial charge in [0.05, 0.1) is 0 Å². The molecule has 0 saturated carbocycles. The van der Waals surface area contributed by atoms with Crippen molar-refractivity contribution >= 4 is 22.9 Å². The van der Waals surface area contributed by atoms with Crippen LogP contribution in [-0.4, -0.2) is 17.4 Å². The number of anilines is 1. The average Bonchev–Trinajstić information content (AvgIpc) is 2.82. The van der Waals surface area contributed by atoms with E-state index in [1.54, 1.807) is 23.5 Å². The Morgan fingerprint density at radius 3 is 3.06 bits per heavy atom. The van der Waals surface area contributed by atoms with Gasteiger partial charge in [-0.3, -0.25) is 9.78 Å². The summed E-state index contributed by atoms with van der Waals surface area (Å²) < 4.78 is 0.